The van der Waals surface area contributed by atoms with Crippen molar-refractivity contribution in [3.8, 4) is 0 Å². The Balaban J connectivity index is 2.42. The van der Waals surface area contributed by atoms with Gasteiger partial charge in [-0.05, 0) is 12.1 Å². The van der Waals surface area contributed by atoms with E-state index in [9.17, 15) is 27.2 Å². The molecule has 0 aliphatic heterocycles. The van der Waals surface area contributed by atoms with Gasteiger partial charge < -0.3 is 9.88 Å². The number of pyridine rings is 2. The van der Waals surface area contributed by atoms with Crippen molar-refractivity contribution in [1.82, 2.24) is 9.55 Å². The van der Waals surface area contributed by atoms with E-state index in [1.54, 1.807) is 0 Å². The Morgan fingerprint density at radius 1 is 1.36 bits per heavy atom. The SMILES string of the molecule is Cn1cc(C(F)(F)F)cc(NC(=O)c2ccncc2F)c1=O. The molecule has 9 heteroatoms. The number of aromatic nitrogens is 2. The Hall–Kier alpha value is -2.71. The van der Waals surface area contributed by atoms with Crippen LogP contribution in [0, 0.1) is 5.82 Å². The molecule has 0 aromatic carbocycles. The summed E-state index contributed by atoms with van der Waals surface area (Å²) in [6, 6.07) is 1.54. The smallest absolute Gasteiger partial charge is 0.317 e. The van der Waals surface area contributed by atoms with E-state index in [0.29, 0.717) is 16.8 Å². The summed E-state index contributed by atoms with van der Waals surface area (Å²) in [6.07, 6.45) is -2.17. The summed E-state index contributed by atoms with van der Waals surface area (Å²) in [5.41, 5.74) is -3.00. The molecule has 1 N–H and O–H groups in total. The topological polar surface area (TPSA) is 64.0 Å². The van der Waals surface area contributed by atoms with Gasteiger partial charge in [0.05, 0.1) is 17.3 Å². The quantitative estimate of drug-likeness (QED) is 0.864. The number of hydrogen-bond donors (Lipinski definition) is 1. The Morgan fingerprint density at radius 3 is 2.64 bits per heavy atom. The predicted molar refractivity (Wildman–Crippen MR) is 68.8 cm³/mol. The normalized spacial score (nSPS) is 11.3. The first-order valence-corrected chi connectivity index (χ1v) is 5.89. The van der Waals surface area contributed by atoms with Gasteiger partial charge in [0.25, 0.3) is 11.5 Å². The van der Waals surface area contributed by atoms with Crippen LogP contribution in [-0.4, -0.2) is 15.5 Å². The van der Waals surface area contributed by atoms with E-state index in [1.807, 2.05) is 5.32 Å². The van der Waals surface area contributed by atoms with Gasteiger partial charge in [0.15, 0.2) is 5.82 Å². The Labute approximate surface area is 121 Å². The Kier molecular flexibility index (Phi) is 3.98. The van der Waals surface area contributed by atoms with E-state index in [4.69, 9.17) is 0 Å². The highest BCUT2D eigenvalue weighted by atomic mass is 19.4. The number of hydrogen-bond acceptors (Lipinski definition) is 3. The van der Waals surface area contributed by atoms with Gasteiger partial charge >= 0.3 is 6.18 Å². The minimum absolute atomic E-state index is 0.436. The molecule has 1 amide bonds. The van der Waals surface area contributed by atoms with Gasteiger partial charge in [-0.3, -0.25) is 14.6 Å². The average Bonchev–Trinajstić information content (AvgIpc) is 2.42. The first-order valence-electron chi connectivity index (χ1n) is 5.89. The van der Waals surface area contributed by atoms with E-state index in [1.165, 1.54) is 0 Å². The van der Waals surface area contributed by atoms with Crippen molar-refractivity contribution in [3.05, 3.63) is 58.0 Å². The molecule has 0 spiro atoms. The van der Waals surface area contributed by atoms with Crippen molar-refractivity contribution < 1.29 is 22.4 Å². The van der Waals surface area contributed by atoms with Crippen LogP contribution < -0.4 is 10.9 Å². The van der Waals surface area contributed by atoms with Crippen molar-refractivity contribution >= 4 is 11.6 Å². The molecule has 0 radical (unpaired) electrons. The highest BCUT2D eigenvalue weighted by Crippen LogP contribution is 2.29. The van der Waals surface area contributed by atoms with E-state index >= 15 is 0 Å². The zero-order valence-corrected chi connectivity index (χ0v) is 11.1. The van der Waals surface area contributed by atoms with Crippen LogP contribution in [0.4, 0.5) is 23.2 Å². The van der Waals surface area contributed by atoms with Crippen LogP contribution >= 0.6 is 0 Å². The van der Waals surface area contributed by atoms with Gasteiger partial charge in [-0.15, -0.1) is 0 Å². The molecule has 0 unspecified atom stereocenters. The number of anilines is 1. The number of rotatable bonds is 2. The molecule has 0 aliphatic carbocycles. The van der Waals surface area contributed by atoms with Gasteiger partial charge in [-0.1, -0.05) is 0 Å². The highest BCUT2D eigenvalue weighted by molar-refractivity contribution is 6.04. The molecule has 22 heavy (non-hydrogen) atoms. The van der Waals surface area contributed by atoms with Crippen LogP contribution in [0.5, 0.6) is 0 Å². The molecule has 2 aromatic rings. The molecule has 2 heterocycles. The molecule has 0 atom stereocenters. The van der Waals surface area contributed by atoms with Gasteiger partial charge in [0, 0.05) is 19.4 Å². The summed E-state index contributed by atoms with van der Waals surface area (Å²) >= 11 is 0. The summed E-state index contributed by atoms with van der Waals surface area (Å²) in [4.78, 5) is 27.1. The molecule has 0 saturated heterocycles. The zero-order valence-electron chi connectivity index (χ0n) is 11.1. The van der Waals surface area contributed by atoms with Crippen LogP contribution in [0.15, 0.2) is 35.5 Å². The molecule has 0 aliphatic rings. The summed E-state index contributed by atoms with van der Waals surface area (Å²) in [5, 5.41) is 1.98. The standard InChI is InChI=1S/C13H9F4N3O2/c1-20-6-7(13(15,16)17)4-10(12(20)22)19-11(21)8-2-3-18-5-9(8)14/h2-6H,1H3,(H,19,21). The highest BCUT2D eigenvalue weighted by Gasteiger charge is 2.32. The molecule has 0 fully saturated rings. The number of aryl methyl sites for hydroxylation is 1. The lowest BCUT2D eigenvalue weighted by atomic mass is 10.2. The lowest BCUT2D eigenvalue weighted by Gasteiger charge is -2.12. The minimum atomic E-state index is -4.69. The van der Waals surface area contributed by atoms with E-state index in [2.05, 4.69) is 4.98 Å². The predicted octanol–water partition coefficient (Wildman–Crippen LogP) is 2.19. The summed E-state index contributed by atoms with van der Waals surface area (Å²) in [6.45, 7) is 0. The first kappa shape index (κ1) is 15.7. The summed E-state index contributed by atoms with van der Waals surface area (Å²) in [5.74, 6) is -2.00. The second-order valence-electron chi connectivity index (χ2n) is 4.37. The largest absolute Gasteiger partial charge is 0.417 e. The fraction of sp³-hybridized carbons (Fsp3) is 0.154. The second kappa shape index (κ2) is 5.58. The molecular formula is C13H9F4N3O2. The molecule has 0 bridgehead atoms. The van der Waals surface area contributed by atoms with Crippen molar-refractivity contribution in [3.63, 3.8) is 0 Å². The van der Waals surface area contributed by atoms with Crippen LogP contribution in [0.1, 0.15) is 15.9 Å². The second-order valence-corrected chi connectivity index (χ2v) is 4.37. The third-order valence-electron chi connectivity index (χ3n) is 2.78. The van der Waals surface area contributed by atoms with Crippen LogP contribution in [-0.2, 0) is 13.2 Å². The van der Waals surface area contributed by atoms with Crippen molar-refractivity contribution in [1.29, 1.82) is 0 Å². The minimum Gasteiger partial charge on any atom is -0.317 e. The number of nitrogens with zero attached hydrogens (tertiary/aromatic N) is 2. The van der Waals surface area contributed by atoms with E-state index < -0.39 is 40.3 Å². The van der Waals surface area contributed by atoms with Crippen LogP contribution in [0.2, 0.25) is 0 Å². The lowest BCUT2D eigenvalue weighted by Crippen LogP contribution is -2.26. The van der Waals surface area contributed by atoms with Gasteiger partial charge in [0.1, 0.15) is 5.69 Å². The molecule has 2 aromatic heterocycles. The maximum Gasteiger partial charge on any atom is 0.417 e. The summed E-state index contributed by atoms with van der Waals surface area (Å²) < 4.78 is 52.2. The average molecular weight is 315 g/mol. The van der Waals surface area contributed by atoms with Gasteiger partial charge in [-0.25, -0.2) is 4.39 Å². The molecule has 0 saturated carbocycles. The first-order chi connectivity index (χ1) is 10.2. The third kappa shape index (κ3) is 3.13. The maximum absolute atomic E-state index is 13.4. The maximum atomic E-state index is 13.4. The molecule has 116 valence electrons. The molecule has 2 rings (SSSR count). The fourth-order valence-corrected chi connectivity index (χ4v) is 1.71. The van der Waals surface area contributed by atoms with Crippen molar-refractivity contribution in [2.75, 3.05) is 5.32 Å². The molecule has 5 nitrogen and oxygen atoms in total. The number of carbonyl (C=O) groups excluding carboxylic acids is 1. The van der Waals surface area contributed by atoms with E-state index in [-0.39, 0.29) is 0 Å². The number of alkyl halides is 3. The fourth-order valence-electron chi connectivity index (χ4n) is 1.71. The lowest BCUT2D eigenvalue weighted by molar-refractivity contribution is -0.138. The van der Waals surface area contributed by atoms with Crippen molar-refractivity contribution in [2.24, 2.45) is 7.05 Å². The van der Waals surface area contributed by atoms with Crippen molar-refractivity contribution in [2.45, 2.75) is 6.18 Å². The third-order valence-corrected chi connectivity index (χ3v) is 2.78. The van der Waals surface area contributed by atoms with Gasteiger partial charge in [0.2, 0.25) is 0 Å². The number of amides is 1. The Morgan fingerprint density at radius 2 is 2.05 bits per heavy atom. The number of carbonyl (C=O) groups is 1. The number of halogens is 4. The number of nitrogens with one attached hydrogen (secondary N) is 1. The Bertz CT molecular complexity index is 784. The zero-order chi connectivity index (χ0) is 16.5. The van der Waals surface area contributed by atoms with Crippen LogP contribution in [0.3, 0.4) is 0 Å². The summed E-state index contributed by atoms with van der Waals surface area (Å²) in [7, 11) is 1.11. The van der Waals surface area contributed by atoms with Gasteiger partial charge in [-0.2, -0.15) is 13.2 Å². The van der Waals surface area contributed by atoms with E-state index in [0.717, 1.165) is 25.5 Å². The monoisotopic (exact) mass is 315 g/mol. The van der Waals surface area contributed by atoms with Crippen LogP contribution in [0.25, 0.3) is 0 Å². The molecular weight excluding hydrogens is 306 g/mol.